The predicted molar refractivity (Wildman–Crippen MR) is 92.4 cm³/mol. The van der Waals surface area contributed by atoms with E-state index in [4.69, 9.17) is 4.55 Å². The summed E-state index contributed by atoms with van der Waals surface area (Å²) in [5.74, 6) is 0.893. The van der Waals surface area contributed by atoms with Gasteiger partial charge < -0.3 is 0 Å². The lowest BCUT2D eigenvalue weighted by atomic mass is 9.97. The second kappa shape index (κ2) is 14.5. The minimum absolute atomic E-state index is 0.0923. The molecule has 0 rings (SSSR count). The van der Waals surface area contributed by atoms with E-state index in [0.717, 1.165) is 18.8 Å². The normalized spacial score (nSPS) is 13.4. The van der Waals surface area contributed by atoms with Gasteiger partial charge in [-0.1, -0.05) is 90.9 Å². The van der Waals surface area contributed by atoms with Gasteiger partial charge in [-0.15, -0.1) is 0 Å². The standard InChI is InChI=1S/C17H36O4S/c1-3-4-14-17(2)15-12-10-8-6-5-7-9-11-13-16-21-22(18,19)20/h17H,3-16H2,1-2H3,(H,18,19,20). The van der Waals surface area contributed by atoms with Crippen molar-refractivity contribution in [2.24, 2.45) is 5.92 Å². The number of rotatable bonds is 16. The van der Waals surface area contributed by atoms with E-state index >= 15 is 0 Å². The van der Waals surface area contributed by atoms with Crippen LogP contribution in [0.4, 0.5) is 0 Å². The van der Waals surface area contributed by atoms with Gasteiger partial charge in [0.1, 0.15) is 0 Å². The minimum Gasteiger partial charge on any atom is -0.264 e. The zero-order valence-corrected chi connectivity index (χ0v) is 15.4. The molecular weight excluding hydrogens is 300 g/mol. The van der Waals surface area contributed by atoms with Crippen LogP contribution >= 0.6 is 0 Å². The van der Waals surface area contributed by atoms with E-state index < -0.39 is 10.4 Å². The molecule has 5 heteroatoms. The van der Waals surface area contributed by atoms with E-state index in [-0.39, 0.29) is 6.61 Å². The van der Waals surface area contributed by atoms with E-state index in [9.17, 15) is 8.42 Å². The Balaban J connectivity index is 3.14. The van der Waals surface area contributed by atoms with Crippen molar-refractivity contribution in [1.29, 1.82) is 0 Å². The van der Waals surface area contributed by atoms with Crippen LogP contribution in [0.15, 0.2) is 0 Å². The van der Waals surface area contributed by atoms with Crippen molar-refractivity contribution in [3.63, 3.8) is 0 Å². The van der Waals surface area contributed by atoms with E-state index in [1.54, 1.807) is 0 Å². The summed E-state index contributed by atoms with van der Waals surface area (Å²) in [6.07, 6.45) is 16.1. The fraction of sp³-hybridized carbons (Fsp3) is 1.00. The van der Waals surface area contributed by atoms with Crippen LogP contribution in [0.5, 0.6) is 0 Å². The summed E-state index contributed by atoms with van der Waals surface area (Å²) in [5.41, 5.74) is 0. The molecule has 4 nitrogen and oxygen atoms in total. The largest absolute Gasteiger partial charge is 0.397 e. The van der Waals surface area contributed by atoms with Crippen LogP contribution in [-0.4, -0.2) is 19.6 Å². The molecule has 0 amide bonds. The lowest BCUT2D eigenvalue weighted by molar-refractivity contribution is 0.261. The van der Waals surface area contributed by atoms with Gasteiger partial charge in [0.2, 0.25) is 0 Å². The lowest BCUT2D eigenvalue weighted by Gasteiger charge is -2.10. The average molecular weight is 337 g/mol. The maximum atomic E-state index is 10.3. The maximum Gasteiger partial charge on any atom is 0.397 e. The predicted octanol–water partition coefficient (Wildman–Crippen LogP) is 5.53. The molecule has 0 aliphatic rings. The van der Waals surface area contributed by atoms with Gasteiger partial charge in [-0.2, -0.15) is 8.42 Å². The van der Waals surface area contributed by atoms with E-state index in [1.165, 1.54) is 64.2 Å². The Bertz CT molecular complexity index is 328. The topological polar surface area (TPSA) is 63.6 Å². The molecule has 0 bridgehead atoms. The highest BCUT2D eigenvalue weighted by atomic mass is 32.3. The molecule has 0 heterocycles. The van der Waals surface area contributed by atoms with Crippen molar-refractivity contribution in [3.05, 3.63) is 0 Å². The first-order valence-electron chi connectivity index (χ1n) is 9.07. The summed E-state index contributed by atoms with van der Waals surface area (Å²) >= 11 is 0. The van der Waals surface area contributed by atoms with Gasteiger partial charge in [0.25, 0.3) is 0 Å². The molecule has 1 N–H and O–H groups in total. The molecular formula is C17H36O4S. The van der Waals surface area contributed by atoms with E-state index in [2.05, 4.69) is 18.0 Å². The maximum absolute atomic E-state index is 10.3. The van der Waals surface area contributed by atoms with Crippen molar-refractivity contribution >= 4 is 10.4 Å². The monoisotopic (exact) mass is 336 g/mol. The quantitative estimate of drug-likeness (QED) is 0.297. The summed E-state index contributed by atoms with van der Waals surface area (Å²) in [5, 5.41) is 0. The fourth-order valence-electron chi connectivity index (χ4n) is 2.69. The zero-order valence-electron chi connectivity index (χ0n) is 14.6. The van der Waals surface area contributed by atoms with Gasteiger partial charge in [0, 0.05) is 0 Å². The first-order chi connectivity index (χ1) is 10.5. The fourth-order valence-corrected chi connectivity index (χ4v) is 3.02. The van der Waals surface area contributed by atoms with Crippen molar-refractivity contribution in [2.75, 3.05) is 6.61 Å². The summed E-state index contributed by atoms with van der Waals surface area (Å²) in [6.45, 7) is 4.73. The average Bonchev–Trinajstić information content (AvgIpc) is 2.45. The van der Waals surface area contributed by atoms with Gasteiger partial charge >= 0.3 is 10.4 Å². The van der Waals surface area contributed by atoms with Crippen molar-refractivity contribution in [3.8, 4) is 0 Å². The van der Waals surface area contributed by atoms with Gasteiger partial charge in [0.05, 0.1) is 6.61 Å². The molecule has 0 fully saturated rings. The molecule has 0 aliphatic heterocycles. The molecule has 134 valence electrons. The molecule has 1 unspecified atom stereocenters. The molecule has 1 atom stereocenters. The molecule has 0 aromatic heterocycles. The number of unbranched alkanes of at least 4 members (excludes halogenated alkanes) is 9. The van der Waals surface area contributed by atoms with E-state index in [0.29, 0.717) is 6.42 Å². The molecule has 0 aromatic carbocycles. The van der Waals surface area contributed by atoms with Gasteiger partial charge in [0.15, 0.2) is 0 Å². The highest BCUT2D eigenvalue weighted by Crippen LogP contribution is 2.17. The third-order valence-corrected chi connectivity index (χ3v) is 4.59. The number of hydrogen-bond donors (Lipinski definition) is 1. The second-order valence-corrected chi connectivity index (χ2v) is 7.56. The Morgan fingerprint density at radius 2 is 1.27 bits per heavy atom. The summed E-state index contributed by atoms with van der Waals surface area (Å²) in [7, 11) is -4.25. The Labute approximate surface area is 138 Å². The highest BCUT2D eigenvalue weighted by Gasteiger charge is 2.03. The third kappa shape index (κ3) is 17.9. The molecule has 0 aromatic rings. The van der Waals surface area contributed by atoms with Crippen LogP contribution < -0.4 is 0 Å². The van der Waals surface area contributed by atoms with Crippen LogP contribution in [0.3, 0.4) is 0 Å². The van der Waals surface area contributed by atoms with Crippen LogP contribution in [0, 0.1) is 5.92 Å². The first kappa shape index (κ1) is 21.9. The molecule has 0 saturated heterocycles. The Kier molecular flexibility index (Phi) is 14.4. The molecule has 0 aliphatic carbocycles. The zero-order chi connectivity index (χ0) is 16.7. The molecule has 22 heavy (non-hydrogen) atoms. The highest BCUT2D eigenvalue weighted by molar-refractivity contribution is 7.80. The smallest absolute Gasteiger partial charge is 0.264 e. The Morgan fingerprint density at radius 1 is 0.818 bits per heavy atom. The van der Waals surface area contributed by atoms with E-state index in [1.807, 2.05) is 0 Å². The Hall–Kier alpha value is -0.130. The SMILES string of the molecule is CCCCC(C)CCCCCCCCCCCOS(=O)(=O)O. The van der Waals surface area contributed by atoms with Crippen molar-refractivity contribution in [2.45, 2.75) is 97.3 Å². The molecule has 0 spiro atoms. The van der Waals surface area contributed by atoms with Crippen LogP contribution in [0.25, 0.3) is 0 Å². The van der Waals surface area contributed by atoms with Gasteiger partial charge in [-0.3, -0.25) is 4.55 Å². The minimum atomic E-state index is -4.25. The summed E-state index contributed by atoms with van der Waals surface area (Å²) in [4.78, 5) is 0. The Morgan fingerprint density at radius 3 is 1.77 bits per heavy atom. The van der Waals surface area contributed by atoms with Gasteiger partial charge in [-0.25, -0.2) is 4.18 Å². The number of hydrogen-bond acceptors (Lipinski definition) is 3. The third-order valence-electron chi connectivity index (χ3n) is 4.12. The second-order valence-electron chi connectivity index (χ2n) is 6.47. The summed E-state index contributed by atoms with van der Waals surface area (Å²) in [6, 6.07) is 0. The van der Waals surface area contributed by atoms with Crippen LogP contribution in [0.1, 0.15) is 97.3 Å². The van der Waals surface area contributed by atoms with Gasteiger partial charge in [-0.05, 0) is 12.3 Å². The summed E-state index contributed by atoms with van der Waals surface area (Å²) < 4.78 is 33.3. The lowest BCUT2D eigenvalue weighted by Crippen LogP contribution is -2.04. The van der Waals surface area contributed by atoms with Crippen LogP contribution in [0.2, 0.25) is 0 Å². The molecule has 0 saturated carbocycles. The first-order valence-corrected chi connectivity index (χ1v) is 10.4. The van der Waals surface area contributed by atoms with Crippen molar-refractivity contribution < 1.29 is 17.2 Å². The molecule has 0 radical (unpaired) electrons. The van der Waals surface area contributed by atoms with Crippen molar-refractivity contribution in [1.82, 2.24) is 0 Å². The van der Waals surface area contributed by atoms with Crippen LogP contribution in [-0.2, 0) is 14.6 Å².